The number of hydrogen-bond donors (Lipinski definition) is 2. The molecule has 2 aromatic carbocycles. The van der Waals surface area contributed by atoms with Crippen LogP contribution in [0.15, 0.2) is 47.4 Å². The summed E-state index contributed by atoms with van der Waals surface area (Å²) in [5.74, 6) is -2.78. The molecule has 0 spiro atoms. The maximum absolute atomic E-state index is 14.6. The van der Waals surface area contributed by atoms with Gasteiger partial charge in [-0.1, -0.05) is 26.0 Å². The Morgan fingerprint density at radius 3 is 2.40 bits per heavy atom. The van der Waals surface area contributed by atoms with Crippen molar-refractivity contribution < 1.29 is 31.3 Å². The van der Waals surface area contributed by atoms with Crippen molar-refractivity contribution in [2.24, 2.45) is 0 Å². The van der Waals surface area contributed by atoms with E-state index in [-0.39, 0.29) is 22.3 Å². The molecular weight excluding hydrogens is 488 g/mol. The Bertz CT molecular complexity index is 1390. The van der Waals surface area contributed by atoms with E-state index >= 15 is 0 Å². The van der Waals surface area contributed by atoms with Crippen molar-refractivity contribution in [1.82, 2.24) is 10.2 Å². The van der Waals surface area contributed by atoms with Crippen LogP contribution in [0.3, 0.4) is 0 Å². The number of carbonyl (C=O) groups is 1. The van der Waals surface area contributed by atoms with Crippen LogP contribution in [-0.4, -0.2) is 26.6 Å². The summed E-state index contributed by atoms with van der Waals surface area (Å²) >= 11 is 0. The minimum Gasteiger partial charge on any atom is -0.434 e. The first-order valence-electron chi connectivity index (χ1n) is 10.3. The highest BCUT2D eigenvalue weighted by atomic mass is 32.2. The maximum Gasteiger partial charge on any atom is 0.435 e. The molecule has 1 aromatic heterocycles. The van der Waals surface area contributed by atoms with E-state index < -0.39 is 50.3 Å². The molecule has 0 fully saturated rings. The molecule has 0 radical (unpaired) electrons. The molecule has 12 heteroatoms. The summed E-state index contributed by atoms with van der Waals surface area (Å²) in [6, 6.07) is 9.63. The number of hydrogen-bond acceptors (Lipinski definition) is 6. The highest BCUT2D eigenvalue weighted by molar-refractivity contribution is 7.91. The first-order chi connectivity index (χ1) is 16.2. The molecule has 2 N–H and O–H groups in total. The Balaban J connectivity index is 2.07. The zero-order chi connectivity index (χ0) is 26.1. The summed E-state index contributed by atoms with van der Waals surface area (Å²) in [6.07, 6.45) is -3.72. The zero-order valence-corrected chi connectivity index (χ0v) is 20.0. The standard InChI is InChI=1S/C23H22F4N4O3S/c1-12(2)14-8-9-18(17(24)10-14)34-22-19(13(3)20(30-31-22)23(25,26)27)21(32)29-15-6-5-7-16(11-15)35(4,28)33/h5-12,28H,1-4H3,(H,29,32). The second-order valence-corrected chi connectivity index (χ2v) is 10.3. The van der Waals surface area contributed by atoms with Crippen LogP contribution in [0.4, 0.5) is 23.2 Å². The van der Waals surface area contributed by atoms with Gasteiger partial charge in [0.2, 0.25) is 0 Å². The van der Waals surface area contributed by atoms with Crippen LogP contribution < -0.4 is 10.1 Å². The van der Waals surface area contributed by atoms with Crippen LogP contribution in [-0.2, 0) is 15.9 Å². The second-order valence-electron chi connectivity index (χ2n) is 8.12. The molecular formula is C23H22F4N4O3S. The number of benzene rings is 2. The van der Waals surface area contributed by atoms with Gasteiger partial charge in [0.05, 0.1) is 9.73 Å². The monoisotopic (exact) mass is 510 g/mol. The number of nitrogens with zero attached hydrogens (tertiary/aromatic N) is 2. The van der Waals surface area contributed by atoms with Gasteiger partial charge in [-0.3, -0.25) is 4.79 Å². The summed E-state index contributed by atoms with van der Waals surface area (Å²) in [6.45, 7) is 4.74. The van der Waals surface area contributed by atoms with Gasteiger partial charge >= 0.3 is 6.18 Å². The minimum absolute atomic E-state index is 0.0188. The molecule has 3 rings (SSSR count). The van der Waals surface area contributed by atoms with Crippen molar-refractivity contribution in [2.45, 2.75) is 37.8 Å². The highest BCUT2D eigenvalue weighted by Crippen LogP contribution is 2.36. The molecule has 35 heavy (non-hydrogen) atoms. The van der Waals surface area contributed by atoms with E-state index in [1.807, 2.05) is 13.8 Å². The smallest absolute Gasteiger partial charge is 0.434 e. The van der Waals surface area contributed by atoms with Crippen LogP contribution in [0.5, 0.6) is 11.6 Å². The van der Waals surface area contributed by atoms with E-state index in [0.717, 1.165) is 6.92 Å². The quantitative estimate of drug-likeness (QED) is 0.387. The number of ether oxygens (including phenoxy) is 1. The topological polar surface area (TPSA) is 105 Å². The predicted molar refractivity (Wildman–Crippen MR) is 122 cm³/mol. The van der Waals surface area contributed by atoms with Crippen LogP contribution in [0, 0.1) is 17.5 Å². The fourth-order valence-electron chi connectivity index (χ4n) is 3.18. The third-order valence-electron chi connectivity index (χ3n) is 5.05. The Morgan fingerprint density at radius 1 is 1.14 bits per heavy atom. The summed E-state index contributed by atoms with van der Waals surface area (Å²) in [4.78, 5) is 13.2. The normalized spacial score (nSPS) is 13.4. The molecule has 0 saturated heterocycles. The van der Waals surface area contributed by atoms with E-state index in [0.29, 0.717) is 5.56 Å². The van der Waals surface area contributed by atoms with E-state index in [4.69, 9.17) is 9.52 Å². The molecule has 0 saturated carbocycles. The lowest BCUT2D eigenvalue weighted by atomic mass is 10.0. The Hall–Kier alpha value is -3.54. The number of carbonyl (C=O) groups excluding carboxylic acids is 1. The van der Waals surface area contributed by atoms with Crippen LogP contribution >= 0.6 is 0 Å². The molecule has 7 nitrogen and oxygen atoms in total. The summed E-state index contributed by atoms with van der Waals surface area (Å²) in [5.41, 5.74) is -1.83. The van der Waals surface area contributed by atoms with Gasteiger partial charge in [0, 0.05) is 16.8 Å². The van der Waals surface area contributed by atoms with Crippen molar-refractivity contribution >= 4 is 21.3 Å². The van der Waals surface area contributed by atoms with Crippen LogP contribution in [0.2, 0.25) is 0 Å². The predicted octanol–water partition coefficient (Wildman–Crippen LogP) is 6.15. The van der Waals surface area contributed by atoms with Crippen molar-refractivity contribution in [3.63, 3.8) is 0 Å². The lowest BCUT2D eigenvalue weighted by molar-refractivity contribution is -0.142. The Morgan fingerprint density at radius 2 is 1.83 bits per heavy atom. The fourth-order valence-corrected chi connectivity index (χ4v) is 3.87. The summed E-state index contributed by atoms with van der Waals surface area (Å²) in [5, 5.41) is 8.97. The SMILES string of the molecule is Cc1c(C(F)(F)F)nnc(Oc2ccc(C(C)C)cc2F)c1C(=O)Nc1cccc(S(C)(=N)=O)c1. The molecule has 0 bridgehead atoms. The van der Waals surface area contributed by atoms with Gasteiger partial charge in [-0.25, -0.2) is 13.4 Å². The molecule has 0 aliphatic carbocycles. The summed E-state index contributed by atoms with van der Waals surface area (Å²) < 4.78 is 80.1. The summed E-state index contributed by atoms with van der Waals surface area (Å²) in [7, 11) is -3.11. The van der Waals surface area contributed by atoms with Gasteiger partial charge in [0.1, 0.15) is 5.56 Å². The number of nitrogens with one attached hydrogen (secondary N) is 2. The minimum atomic E-state index is -4.91. The van der Waals surface area contributed by atoms with Gasteiger partial charge in [0.15, 0.2) is 17.3 Å². The first-order valence-corrected chi connectivity index (χ1v) is 12.2. The van der Waals surface area contributed by atoms with Crippen molar-refractivity contribution in [3.8, 4) is 11.6 Å². The molecule has 0 aliphatic rings. The van der Waals surface area contributed by atoms with E-state index in [2.05, 4.69) is 15.5 Å². The number of alkyl halides is 3. The molecule has 1 amide bonds. The molecule has 1 heterocycles. The fraction of sp³-hybridized carbons (Fsp3) is 0.261. The highest BCUT2D eigenvalue weighted by Gasteiger charge is 2.38. The molecule has 1 unspecified atom stereocenters. The van der Waals surface area contributed by atoms with Crippen LogP contribution in [0.1, 0.15) is 46.9 Å². The second kappa shape index (κ2) is 9.61. The van der Waals surface area contributed by atoms with E-state index in [1.165, 1.54) is 42.7 Å². The number of aromatic nitrogens is 2. The Kier molecular flexibility index (Phi) is 7.16. The third kappa shape index (κ3) is 5.94. The average molecular weight is 511 g/mol. The van der Waals surface area contributed by atoms with Gasteiger partial charge in [-0.2, -0.15) is 13.2 Å². The average Bonchev–Trinajstić information content (AvgIpc) is 2.73. The number of halogens is 4. The van der Waals surface area contributed by atoms with Gasteiger partial charge in [-0.05, 0) is 54.3 Å². The van der Waals surface area contributed by atoms with Crippen molar-refractivity contribution in [3.05, 3.63) is 70.7 Å². The Labute approximate surface area is 199 Å². The molecule has 0 aliphatic heterocycles. The molecule has 186 valence electrons. The van der Waals surface area contributed by atoms with Gasteiger partial charge < -0.3 is 10.1 Å². The maximum atomic E-state index is 14.6. The van der Waals surface area contributed by atoms with Crippen molar-refractivity contribution in [2.75, 3.05) is 11.6 Å². The lowest BCUT2D eigenvalue weighted by Gasteiger charge is -2.16. The van der Waals surface area contributed by atoms with Crippen molar-refractivity contribution in [1.29, 1.82) is 4.78 Å². The third-order valence-corrected chi connectivity index (χ3v) is 6.20. The van der Waals surface area contributed by atoms with Crippen LogP contribution in [0.25, 0.3) is 0 Å². The number of rotatable bonds is 6. The molecule has 3 aromatic rings. The number of amides is 1. The largest absolute Gasteiger partial charge is 0.435 e. The lowest BCUT2D eigenvalue weighted by Crippen LogP contribution is -2.21. The van der Waals surface area contributed by atoms with E-state index in [1.54, 1.807) is 6.07 Å². The number of anilines is 1. The molecule has 1 atom stereocenters. The first kappa shape index (κ1) is 26.1. The van der Waals surface area contributed by atoms with Gasteiger partial charge in [0.25, 0.3) is 11.8 Å². The van der Waals surface area contributed by atoms with E-state index in [9.17, 15) is 26.6 Å². The van der Waals surface area contributed by atoms with Gasteiger partial charge in [-0.15, -0.1) is 10.2 Å². The zero-order valence-electron chi connectivity index (χ0n) is 19.2.